The van der Waals surface area contributed by atoms with E-state index in [1.165, 1.54) is 25.8 Å². The molecule has 0 saturated heterocycles. The van der Waals surface area contributed by atoms with Crippen LogP contribution in [-0.4, -0.2) is 40.8 Å². The summed E-state index contributed by atoms with van der Waals surface area (Å²) in [5, 5.41) is 2.91. The lowest BCUT2D eigenvalue weighted by Gasteiger charge is -2.29. The maximum Gasteiger partial charge on any atom is 0.244 e. The maximum atomic E-state index is 12.9. The van der Waals surface area contributed by atoms with Crippen molar-refractivity contribution in [3.8, 4) is 11.5 Å². The van der Waals surface area contributed by atoms with Crippen LogP contribution in [-0.2, 0) is 21.2 Å². The van der Waals surface area contributed by atoms with Gasteiger partial charge in [-0.15, -0.1) is 0 Å². The molecule has 0 aliphatic heterocycles. The molecule has 8 heteroatoms. The molecule has 7 nitrogen and oxygen atoms in total. The second-order valence-electron chi connectivity index (χ2n) is 7.10. The Hall–Kier alpha value is -2.74. The first-order valence-electron chi connectivity index (χ1n) is 9.73. The van der Waals surface area contributed by atoms with Gasteiger partial charge in [-0.25, -0.2) is 8.42 Å². The summed E-state index contributed by atoms with van der Waals surface area (Å²) in [4.78, 5) is 12.9. The van der Waals surface area contributed by atoms with Crippen molar-refractivity contribution >= 4 is 21.6 Å². The summed E-state index contributed by atoms with van der Waals surface area (Å²) < 4.78 is 36.6. The van der Waals surface area contributed by atoms with Crippen LogP contribution in [0.25, 0.3) is 0 Å². The van der Waals surface area contributed by atoms with Gasteiger partial charge in [0.25, 0.3) is 0 Å². The third-order valence-electron chi connectivity index (χ3n) is 4.96. The number of benzene rings is 2. The van der Waals surface area contributed by atoms with E-state index < -0.39 is 22.0 Å². The number of hydrogen-bond donors (Lipinski definition) is 1. The molecule has 164 valence electrons. The molecule has 0 bridgehead atoms. The van der Waals surface area contributed by atoms with Gasteiger partial charge in [0.05, 0.1) is 32.2 Å². The van der Waals surface area contributed by atoms with Crippen LogP contribution < -0.4 is 19.1 Å². The lowest BCUT2D eigenvalue weighted by molar-refractivity contribution is -0.122. The molecule has 2 atom stereocenters. The topological polar surface area (TPSA) is 84.9 Å². The minimum Gasteiger partial charge on any atom is -0.493 e. The van der Waals surface area contributed by atoms with Crippen molar-refractivity contribution in [3.05, 3.63) is 53.6 Å². The third kappa shape index (κ3) is 5.44. The molecule has 2 aromatic carbocycles. The van der Waals surface area contributed by atoms with E-state index in [4.69, 9.17) is 9.47 Å². The average Bonchev–Trinajstić information content (AvgIpc) is 2.72. The van der Waals surface area contributed by atoms with Crippen LogP contribution in [0.2, 0.25) is 0 Å². The minimum absolute atomic E-state index is 0.266. The summed E-state index contributed by atoms with van der Waals surface area (Å²) >= 11 is 0. The van der Waals surface area contributed by atoms with Crippen LogP contribution >= 0.6 is 0 Å². The number of ether oxygens (including phenoxy) is 2. The summed E-state index contributed by atoms with van der Waals surface area (Å²) in [5.41, 5.74) is 2.48. The molecule has 0 aliphatic carbocycles. The first-order chi connectivity index (χ1) is 14.1. The molecule has 0 saturated carbocycles. The molecule has 0 fully saturated rings. The lowest BCUT2D eigenvalue weighted by Crippen LogP contribution is -2.48. The van der Waals surface area contributed by atoms with Gasteiger partial charge in [0, 0.05) is 6.07 Å². The molecule has 0 unspecified atom stereocenters. The Morgan fingerprint density at radius 1 is 1.03 bits per heavy atom. The molecular formula is C22H30N2O5S. The zero-order valence-electron chi connectivity index (χ0n) is 18.3. The lowest BCUT2D eigenvalue weighted by atomic mass is 10.0. The Morgan fingerprint density at radius 2 is 1.63 bits per heavy atom. The highest BCUT2D eigenvalue weighted by molar-refractivity contribution is 7.92. The van der Waals surface area contributed by atoms with E-state index in [-0.39, 0.29) is 6.04 Å². The van der Waals surface area contributed by atoms with Gasteiger partial charge in [-0.1, -0.05) is 31.2 Å². The summed E-state index contributed by atoms with van der Waals surface area (Å²) in [6, 6.07) is 11.5. The summed E-state index contributed by atoms with van der Waals surface area (Å²) in [6.45, 7) is 5.50. The highest BCUT2D eigenvalue weighted by Crippen LogP contribution is 2.33. The monoisotopic (exact) mass is 434 g/mol. The van der Waals surface area contributed by atoms with Gasteiger partial charge in [-0.2, -0.15) is 0 Å². The molecule has 0 spiro atoms. The van der Waals surface area contributed by atoms with Crippen LogP contribution in [0.4, 0.5) is 5.69 Å². The van der Waals surface area contributed by atoms with Crippen LogP contribution in [0.15, 0.2) is 42.5 Å². The van der Waals surface area contributed by atoms with E-state index in [1.807, 2.05) is 31.2 Å². The number of carbonyl (C=O) groups is 1. The standard InChI is InChI=1S/C22H30N2O5S/c1-7-17-8-10-18(11-9-17)15(2)23-22(25)16(3)24(30(6,26)27)19-12-13-20(28-4)21(14-19)29-5/h8-16H,7H2,1-6H3,(H,23,25)/t15-,16-/m0/s1. The fraction of sp³-hybridized carbons (Fsp3) is 0.409. The van der Waals surface area contributed by atoms with Crippen LogP contribution in [0.1, 0.15) is 37.9 Å². The molecule has 2 rings (SSSR count). The number of nitrogens with one attached hydrogen (secondary N) is 1. The van der Waals surface area contributed by atoms with Crippen molar-refractivity contribution in [2.75, 3.05) is 24.8 Å². The average molecular weight is 435 g/mol. The van der Waals surface area contributed by atoms with Gasteiger partial charge >= 0.3 is 0 Å². The Bertz CT molecular complexity index is 974. The number of amides is 1. The first kappa shape index (κ1) is 23.5. The van der Waals surface area contributed by atoms with Crippen molar-refractivity contribution in [2.45, 2.75) is 39.3 Å². The Kier molecular flexibility index (Phi) is 7.72. The van der Waals surface area contributed by atoms with Gasteiger partial charge in [0.2, 0.25) is 15.9 Å². The van der Waals surface area contributed by atoms with Crippen LogP contribution in [0.5, 0.6) is 11.5 Å². The predicted molar refractivity (Wildman–Crippen MR) is 119 cm³/mol. The molecular weight excluding hydrogens is 404 g/mol. The zero-order valence-corrected chi connectivity index (χ0v) is 19.1. The van der Waals surface area contributed by atoms with Crippen molar-refractivity contribution in [3.63, 3.8) is 0 Å². The second-order valence-corrected chi connectivity index (χ2v) is 8.96. The second kappa shape index (κ2) is 9.84. The van der Waals surface area contributed by atoms with Crippen LogP contribution in [0.3, 0.4) is 0 Å². The molecule has 1 amide bonds. The van der Waals surface area contributed by atoms with Crippen molar-refractivity contribution in [1.29, 1.82) is 0 Å². The molecule has 0 aliphatic rings. The van der Waals surface area contributed by atoms with Gasteiger partial charge in [0.1, 0.15) is 6.04 Å². The Balaban J connectivity index is 2.28. The van der Waals surface area contributed by atoms with Gasteiger partial charge in [0.15, 0.2) is 11.5 Å². The highest BCUT2D eigenvalue weighted by atomic mass is 32.2. The number of sulfonamides is 1. The molecule has 0 radical (unpaired) electrons. The largest absolute Gasteiger partial charge is 0.493 e. The first-order valence-corrected chi connectivity index (χ1v) is 11.6. The molecule has 2 aromatic rings. The predicted octanol–water partition coefficient (Wildman–Crippen LogP) is 3.30. The third-order valence-corrected chi connectivity index (χ3v) is 6.20. The Labute approximate surface area is 179 Å². The van der Waals surface area contributed by atoms with Gasteiger partial charge in [-0.05, 0) is 43.5 Å². The number of aryl methyl sites for hydroxylation is 1. The summed E-state index contributed by atoms with van der Waals surface area (Å²) in [6.07, 6.45) is 2.01. The molecule has 30 heavy (non-hydrogen) atoms. The van der Waals surface area contributed by atoms with E-state index in [0.717, 1.165) is 22.5 Å². The SMILES string of the molecule is CCc1ccc([C@H](C)NC(=O)[C@H](C)N(c2ccc(OC)c(OC)c2)S(C)(=O)=O)cc1. The maximum absolute atomic E-state index is 12.9. The number of nitrogens with zero attached hydrogens (tertiary/aromatic N) is 1. The number of hydrogen-bond acceptors (Lipinski definition) is 5. The van der Waals surface area contributed by atoms with E-state index in [2.05, 4.69) is 12.2 Å². The van der Waals surface area contributed by atoms with Crippen LogP contribution in [0, 0.1) is 0 Å². The van der Waals surface area contributed by atoms with Crippen molar-refractivity contribution in [1.82, 2.24) is 5.32 Å². The minimum atomic E-state index is -3.74. The number of anilines is 1. The molecule has 0 aromatic heterocycles. The van der Waals surface area contributed by atoms with E-state index in [9.17, 15) is 13.2 Å². The summed E-state index contributed by atoms with van der Waals surface area (Å²) in [5.74, 6) is 0.443. The Morgan fingerprint density at radius 3 is 2.13 bits per heavy atom. The van der Waals surface area contributed by atoms with Gasteiger partial charge < -0.3 is 14.8 Å². The van der Waals surface area contributed by atoms with Crippen molar-refractivity contribution in [2.24, 2.45) is 0 Å². The fourth-order valence-corrected chi connectivity index (χ4v) is 4.40. The smallest absolute Gasteiger partial charge is 0.244 e. The quantitative estimate of drug-likeness (QED) is 0.655. The summed E-state index contributed by atoms with van der Waals surface area (Å²) in [7, 11) is -0.777. The fourth-order valence-electron chi connectivity index (χ4n) is 3.23. The van der Waals surface area contributed by atoms with Gasteiger partial charge in [-0.3, -0.25) is 9.10 Å². The number of rotatable bonds is 9. The molecule has 1 N–H and O–H groups in total. The van der Waals surface area contributed by atoms with E-state index in [0.29, 0.717) is 17.2 Å². The number of methoxy groups -OCH3 is 2. The number of carbonyl (C=O) groups excluding carboxylic acids is 1. The highest BCUT2D eigenvalue weighted by Gasteiger charge is 2.30. The van der Waals surface area contributed by atoms with Crippen molar-refractivity contribution < 1.29 is 22.7 Å². The molecule has 0 heterocycles. The van der Waals surface area contributed by atoms with E-state index in [1.54, 1.807) is 19.1 Å². The normalized spacial score (nSPS) is 13.3. The van der Waals surface area contributed by atoms with E-state index >= 15 is 0 Å². The zero-order chi connectivity index (χ0) is 22.5.